The molecule has 0 saturated carbocycles. The Labute approximate surface area is 192 Å². The topological polar surface area (TPSA) is 199 Å². The van der Waals surface area contributed by atoms with Gasteiger partial charge in [0.25, 0.3) is 10.1 Å². The van der Waals surface area contributed by atoms with Crippen molar-refractivity contribution in [1.82, 2.24) is 0 Å². The van der Waals surface area contributed by atoms with Crippen molar-refractivity contribution in [2.45, 2.75) is 11.1 Å². The Kier molecular flexibility index (Phi) is 7.09. The highest BCUT2D eigenvalue weighted by Crippen LogP contribution is 2.33. The lowest BCUT2D eigenvalue weighted by Crippen LogP contribution is -2.04. The molecule has 13 heteroatoms. The molecule has 3 aromatic carbocycles. The number of carboxylic acids is 2. The Hall–Kier alpha value is -4.49. The summed E-state index contributed by atoms with van der Waals surface area (Å²) in [6, 6.07) is 14.1. The van der Waals surface area contributed by atoms with Crippen molar-refractivity contribution in [2.24, 2.45) is 20.5 Å². The Morgan fingerprint density at radius 3 is 1.94 bits per heavy atom. The highest BCUT2D eigenvalue weighted by molar-refractivity contribution is 7.85. The molecule has 3 aromatic rings. The van der Waals surface area contributed by atoms with Crippen LogP contribution in [0.25, 0.3) is 0 Å². The zero-order valence-electron chi connectivity index (χ0n) is 17.0. The molecule has 0 aromatic heterocycles. The van der Waals surface area contributed by atoms with E-state index in [1.807, 2.05) is 0 Å². The second-order valence-corrected chi connectivity index (χ2v) is 8.07. The van der Waals surface area contributed by atoms with Crippen molar-refractivity contribution in [3.8, 4) is 5.75 Å². The third-order valence-corrected chi connectivity index (χ3v) is 5.25. The number of azo groups is 2. The van der Waals surface area contributed by atoms with Crippen LogP contribution in [0.3, 0.4) is 0 Å². The van der Waals surface area contributed by atoms with Gasteiger partial charge in [-0.3, -0.25) is 4.55 Å². The minimum atomic E-state index is -4.60. The standard InChI is InChI=1S/C21H16N4O8S/c26-18-10-9-12(34(31,32)33)11-17(18)23-25-19(13-5-1-2-6-14(13)20(27)28)24-22-16-8-4-3-7-15(16)21(29)30/h1-11,19,26H,(H,27,28)(H,29,30)(H,31,32,33). The fraction of sp³-hybridized carbons (Fsp3) is 0.0476. The molecule has 0 aliphatic rings. The molecule has 0 spiro atoms. The van der Waals surface area contributed by atoms with E-state index in [1.165, 1.54) is 48.5 Å². The van der Waals surface area contributed by atoms with Crippen LogP contribution in [0.1, 0.15) is 32.4 Å². The first kappa shape index (κ1) is 24.2. The van der Waals surface area contributed by atoms with Gasteiger partial charge in [-0.15, -0.1) is 5.11 Å². The smallest absolute Gasteiger partial charge is 0.337 e. The lowest BCUT2D eigenvalue weighted by molar-refractivity contribution is 0.0685. The molecule has 34 heavy (non-hydrogen) atoms. The monoisotopic (exact) mass is 484 g/mol. The van der Waals surface area contributed by atoms with Crippen molar-refractivity contribution in [2.75, 3.05) is 0 Å². The molecule has 0 saturated heterocycles. The van der Waals surface area contributed by atoms with Gasteiger partial charge >= 0.3 is 11.9 Å². The van der Waals surface area contributed by atoms with Gasteiger partial charge in [-0.25, -0.2) is 9.59 Å². The van der Waals surface area contributed by atoms with Crippen LogP contribution < -0.4 is 0 Å². The summed E-state index contributed by atoms with van der Waals surface area (Å²) >= 11 is 0. The van der Waals surface area contributed by atoms with Crippen LogP contribution in [0, 0.1) is 0 Å². The predicted molar refractivity (Wildman–Crippen MR) is 116 cm³/mol. The molecule has 0 aliphatic carbocycles. The number of hydrogen-bond donors (Lipinski definition) is 4. The number of phenolic OH excluding ortho intramolecular Hbond substituents is 1. The quantitative estimate of drug-likeness (QED) is 0.262. The third kappa shape index (κ3) is 5.65. The second kappa shape index (κ2) is 9.97. The highest BCUT2D eigenvalue weighted by atomic mass is 32.2. The largest absolute Gasteiger partial charge is 0.506 e. The highest BCUT2D eigenvalue weighted by Gasteiger charge is 2.20. The Bertz CT molecular complexity index is 1420. The number of nitrogens with zero attached hydrogens (tertiary/aromatic N) is 4. The third-order valence-electron chi connectivity index (χ3n) is 4.40. The maximum Gasteiger partial charge on any atom is 0.337 e. The Morgan fingerprint density at radius 2 is 1.32 bits per heavy atom. The molecule has 0 radical (unpaired) electrons. The number of rotatable bonds is 8. The van der Waals surface area contributed by atoms with Crippen LogP contribution >= 0.6 is 0 Å². The zero-order chi connectivity index (χ0) is 24.9. The molecule has 0 aliphatic heterocycles. The lowest BCUT2D eigenvalue weighted by atomic mass is 10.1. The SMILES string of the molecule is O=C(O)c1ccccc1N=NC(N=Nc1cc(S(=O)(=O)O)ccc1O)c1ccccc1C(=O)O. The van der Waals surface area contributed by atoms with Gasteiger partial charge in [0.1, 0.15) is 11.4 Å². The zero-order valence-corrected chi connectivity index (χ0v) is 17.9. The summed E-state index contributed by atoms with van der Waals surface area (Å²) in [5.41, 5.74) is -0.686. The summed E-state index contributed by atoms with van der Waals surface area (Å²) in [6.45, 7) is 0. The van der Waals surface area contributed by atoms with E-state index in [0.29, 0.717) is 0 Å². The average molecular weight is 484 g/mol. The van der Waals surface area contributed by atoms with Crippen LogP contribution in [0.2, 0.25) is 0 Å². The molecular weight excluding hydrogens is 468 g/mol. The van der Waals surface area contributed by atoms with E-state index < -0.39 is 38.9 Å². The van der Waals surface area contributed by atoms with Crippen LogP contribution in [-0.2, 0) is 10.1 Å². The first-order valence-electron chi connectivity index (χ1n) is 9.34. The first-order chi connectivity index (χ1) is 16.1. The van der Waals surface area contributed by atoms with Crippen molar-refractivity contribution < 1.29 is 37.9 Å². The number of aromatic carboxylic acids is 2. The number of carboxylic acid groups (broad SMARTS) is 2. The van der Waals surface area contributed by atoms with Crippen LogP contribution in [-0.4, -0.2) is 40.2 Å². The fourth-order valence-corrected chi connectivity index (χ4v) is 3.28. The molecule has 0 heterocycles. The molecule has 4 N–H and O–H groups in total. The summed E-state index contributed by atoms with van der Waals surface area (Å²) < 4.78 is 32.0. The van der Waals surface area contributed by atoms with Crippen LogP contribution in [0.4, 0.5) is 11.4 Å². The van der Waals surface area contributed by atoms with E-state index in [-0.39, 0.29) is 28.1 Å². The number of carbonyl (C=O) groups is 2. The van der Waals surface area contributed by atoms with Gasteiger partial charge in [0, 0.05) is 5.56 Å². The van der Waals surface area contributed by atoms with Crippen molar-refractivity contribution in [3.63, 3.8) is 0 Å². The van der Waals surface area contributed by atoms with Gasteiger partial charge in [0.15, 0.2) is 0 Å². The van der Waals surface area contributed by atoms with Crippen LogP contribution in [0.15, 0.2) is 92.1 Å². The van der Waals surface area contributed by atoms with Gasteiger partial charge in [-0.2, -0.15) is 23.8 Å². The predicted octanol–water partition coefficient (Wildman–Crippen LogP) is 4.60. The molecule has 3 rings (SSSR count). The number of aromatic hydroxyl groups is 1. The van der Waals surface area contributed by atoms with Gasteiger partial charge in [0.05, 0.1) is 21.7 Å². The van der Waals surface area contributed by atoms with E-state index in [2.05, 4.69) is 20.5 Å². The van der Waals surface area contributed by atoms with Crippen molar-refractivity contribution in [3.05, 3.63) is 83.4 Å². The molecule has 0 bridgehead atoms. The number of hydrogen-bond acceptors (Lipinski definition) is 9. The number of phenols is 1. The summed E-state index contributed by atoms with van der Waals surface area (Å²) in [5.74, 6) is -3.03. The summed E-state index contributed by atoms with van der Waals surface area (Å²) in [7, 11) is -4.60. The van der Waals surface area contributed by atoms with Gasteiger partial charge < -0.3 is 15.3 Å². The molecule has 1 unspecified atom stereocenters. The first-order valence-corrected chi connectivity index (χ1v) is 10.8. The Morgan fingerprint density at radius 1 is 0.765 bits per heavy atom. The molecule has 174 valence electrons. The van der Waals surface area contributed by atoms with Gasteiger partial charge in [-0.1, -0.05) is 30.3 Å². The molecule has 0 amide bonds. The second-order valence-electron chi connectivity index (χ2n) is 6.64. The van der Waals surface area contributed by atoms with E-state index in [0.717, 1.165) is 18.2 Å². The summed E-state index contributed by atoms with van der Waals surface area (Å²) in [4.78, 5) is 22.5. The fourth-order valence-electron chi connectivity index (χ4n) is 2.78. The van der Waals surface area contributed by atoms with E-state index in [9.17, 15) is 37.9 Å². The van der Waals surface area contributed by atoms with E-state index >= 15 is 0 Å². The maximum atomic E-state index is 11.7. The lowest BCUT2D eigenvalue weighted by Gasteiger charge is -2.10. The molecular formula is C21H16N4O8S. The average Bonchev–Trinajstić information content (AvgIpc) is 2.79. The minimum Gasteiger partial charge on any atom is -0.506 e. The summed E-state index contributed by atoms with van der Waals surface area (Å²) in [5, 5.41) is 44.3. The molecule has 1 atom stereocenters. The van der Waals surface area contributed by atoms with E-state index in [1.54, 1.807) is 0 Å². The molecule has 0 fully saturated rings. The van der Waals surface area contributed by atoms with Crippen molar-refractivity contribution >= 4 is 33.4 Å². The number of benzene rings is 3. The van der Waals surface area contributed by atoms with Gasteiger partial charge in [-0.05, 0) is 36.4 Å². The minimum absolute atomic E-state index is 0.0285. The Balaban J connectivity index is 2.11. The molecule has 12 nitrogen and oxygen atoms in total. The van der Waals surface area contributed by atoms with Crippen LogP contribution in [0.5, 0.6) is 5.75 Å². The van der Waals surface area contributed by atoms with E-state index in [4.69, 9.17) is 0 Å². The van der Waals surface area contributed by atoms with Gasteiger partial charge in [0.2, 0.25) is 6.17 Å². The maximum absolute atomic E-state index is 11.7. The normalized spacial score (nSPS) is 12.7. The van der Waals surface area contributed by atoms with Crippen molar-refractivity contribution in [1.29, 1.82) is 0 Å². The summed E-state index contributed by atoms with van der Waals surface area (Å²) in [6.07, 6.45) is -1.41.